The normalized spacial score (nSPS) is 15.8. The minimum atomic E-state index is -0.754. The number of nitrogens with one attached hydrogen (secondary N) is 1. The first-order chi connectivity index (χ1) is 16.0. The summed E-state index contributed by atoms with van der Waals surface area (Å²) in [4.78, 5) is 24.7. The second kappa shape index (κ2) is 9.68. The summed E-state index contributed by atoms with van der Waals surface area (Å²) in [5.74, 6) is 0.940. The van der Waals surface area contributed by atoms with Gasteiger partial charge in [-0.05, 0) is 48.2 Å². The highest BCUT2D eigenvalue weighted by Crippen LogP contribution is 2.48. The molecule has 1 fully saturated rings. The van der Waals surface area contributed by atoms with E-state index >= 15 is 0 Å². The molecule has 33 heavy (non-hydrogen) atoms. The Bertz CT molecular complexity index is 1050. The van der Waals surface area contributed by atoms with E-state index in [1.54, 1.807) is 19.2 Å². The van der Waals surface area contributed by atoms with Gasteiger partial charge in [-0.15, -0.1) is 0 Å². The molecule has 2 aliphatic rings. The van der Waals surface area contributed by atoms with Gasteiger partial charge >= 0.3 is 5.97 Å². The summed E-state index contributed by atoms with van der Waals surface area (Å²) >= 11 is 0. The summed E-state index contributed by atoms with van der Waals surface area (Å²) in [6.07, 6.45) is 2.38. The predicted octanol–water partition coefficient (Wildman–Crippen LogP) is 4.07. The first-order valence-corrected chi connectivity index (χ1v) is 11.1. The second-order valence-electron chi connectivity index (χ2n) is 8.33. The number of ether oxygens (including phenoxy) is 4. The Balaban J connectivity index is 1.65. The number of hydrogen-bond donors (Lipinski definition) is 1. The zero-order valence-corrected chi connectivity index (χ0v) is 18.9. The molecule has 1 aliphatic heterocycles. The third kappa shape index (κ3) is 4.34. The van der Waals surface area contributed by atoms with Crippen LogP contribution in [0, 0.1) is 5.41 Å². The number of amides is 1. The van der Waals surface area contributed by atoms with E-state index in [4.69, 9.17) is 18.9 Å². The molecule has 1 amide bonds. The molecule has 0 atom stereocenters. The van der Waals surface area contributed by atoms with Crippen LogP contribution in [0.1, 0.15) is 41.6 Å². The van der Waals surface area contributed by atoms with Crippen molar-refractivity contribution in [2.75, 3.05) is 34.1 Å². The number of alkyl halides is 1. The Morgan fingerprint density at radius 1 is 1.09 bits per heavy atom. The van der Waals surface area contributed by atoms with Crippen molar-refractivity contribution in [2.24, 2.45) is 5.41 Å². The van der Waals surface area contributed by atoms with Gasteiger partial charge in [-0.2, -0.15) is 0 Å². The van der Waals surface area contributed by atoms with Crippen molar-refractivity contribution in [3.63, 3.8) is 0 Å². The molecule has 2 aromatic rings. The Labute approximate surface area is 192 Å². The number of methoxy groups -OCH3 is 2. The van der Waals surface area contributed by atoms with E-state index < -0.39 is 12.1 Å². The van der Waals surface area contributed by atoms with Crippen molar-refractivity contribution in [1.29, 1.82) is 0 Å². The van der Waals surface area contributed by atoms with Crippen molar-refractivity contribution < 1.29 is 32.9 Å². The highest BCUT2D eigenvalue weighted by atomic mass is 19.1. The number of halogens is 1. The maximum absolute atomic E-state index is 12.7. The maximum Gasteiger partial charge on any atom is 0.315 e. The van der Waals surface area contributed by atoms with Crippen molar-refractivity contribution in [1.82, 2.24) is 5.32 Å². The zero-order valence-electron chi connectivity index (χ0n) is 18.9. The molecule has 0 spiro atoms. The predicted molar refractivity (Wildman–Crippen MR) is 119 cm³/mol. The molecule has 0 bridgehead atoms. The topological polar surface area (TPSA) is 83.1 Å². The number of benzene rings is 2. The molecule has 1 aliphatic carbocycles. The van der Waals surface area contributed by atoms with E-state index in [1.165, 1.54) is 7.11 Å². The number of hydrogen-bond acceptors (Lipinski definition) is 6. The molecule has 1 N–H and O–H groups in total. The molecule has 1 saturated carbocycles. The third-order valence-corrected chi connectivity index (χ3v) is 6.35. The second-order valence-corrected chi connectivity index (χ2v) is 8.33. The zero-order chi connectivity index (χ0) is 23.4. The van der Waals surface area contributed by atoms with Crippen LogP contribution in [0.2, 0.25) is 0 Å². The van der Waals surface area contributed by atoms with E-state index in [-0.39, 0.29) is 31.5 Å². The van der Waals surface area contributed by atoms with Gasteiger partial charge in [-0.1, -0.05) is 12.5 Å². The number of carbonyl (C=O) groups excluding carboxylic acids is 2. The standard InChI is InChI=1S/C25H28FNO6/c1-30-20-8-7-18(16-5-6-19-17(13-16)14-27-23(19)28)21(22(20)31-2)33-15-25(9-3-10-25)24(29)32-12-4-11-26/h5-8,13H,3-4,9-12,14-15H2,1-2H3,(H,27,28). The number of rotatable bonds is 10. The van der Waals surface area contributed by atoms with Gasteiger partial charge in [-0.25, -0.2) is 0 Å². The van der Waals surface area contributed by atoms with Gasteiger partial charge in [-0.3, -0.25) is 14.0 Å². The van der Waals surface area contributed by atoms with Crippen molar-refractivity contribution in [3.05, 3.63) is 41.5 Å². The summed E-state index contributed by atoms with van der Waals surface area (Å²) in [7, 11) is 3.08. The van der Waals surface area contributed by atoms with Crippen LogP contribution in [0.15, 0.2) is 30.3 Å². The lowest BCUT2D eigenvalue weighted by molar-refractivity contribution is -0.164. The van der Waals surface area contributed by atoms with Gasteiger partial charge in [0.1, 0.15) is 12.0 Å². The van der Waals surface area contributed by atoms with Crippen LogP contribution >= 0.6 is 0 Å². The van der Waals surface area contributed by atoms with Crippen molar-refractivity contribution in [2.45, 2.75) is 32.2 Å². The first-order valence-electron chi connectivity index (χ1n) is 11.1. The van der Waals surface area contributed by atoms with Crippen molar-refractivity contribution >= 4 is 11.9 Å². The monoisotopic (exact) mass is 457 g/mol. The summed E-state index contributed by atoms with van der Waals surface area (Å²) in [5, 5.41) is 2.82. The highest BCUT2D eigenvalue weighted by molar-refractivity contribution is 5.99. The molecule has 4 rings (SSSR count). The molecule has 8 heteroatoms. The largest absolute Gasteiger partial charge is 0.493 e. The Morgan fingerprint density at radius 2 is 1.88 bits per heavy atom. The number of esters is 1. The molecule has 7 nitrogen and oxygen atoms in total. The van der Waals surface area contributed by atoms with Crippen LogP contribution in [-0.4, -0.2) is 46.0 Å². The molecular formula is C25H28FNO6. The first kappa shape index (κ1) is 22.9. The van der Waals surface area contributed by atoms with Gasteiger partial charge in [0.25, 0.3) is 5.91 Å². The van der Waals surface area contributed by atoms with Crippen LogP contribution < -0.4 is 19.5 Å². The van der Waals surface area contributed by atoms with Gasteiger partial charge in [0.2, 0.25) is 5.75 Å². The maximum atomic E-state index is 12.7. The summed E-state index contributed by atoms with van der Waals surface area (Å²) in [5.41, 5.74) is 2.43. The molecule has 0 aromatic heterocycles. The summed E-state index contributed by atoms with van der Waals surface area (Å²) in [6, 6.07) is 9.27. The van der Waals surface area contributed by atoms with Crippen LogP contribution in [-0.2, 0) is 16.1 Å². The molecule has 0 unspecified atom stereocenters. The summed E-state index contributed by atoms with van der Waals surface area (Å²) < 4.78 is 35.1. The number of fused-ring (bicyclic) bond motifs is 1. The molecule has 176 valence electrons. The van der Waals surface area contributed by atoms with E-state index in [2.05, 4.69) is 5.32 Å². The highest BCUT2D eigenvalue weighted by Gasteiger charge is 2.47. The fraction of sp³-hybridized carbons (Fsp3) is 0.440. The van der Waals surface area contributed by atoms with Crippen LogP contribution in [0.25, 0.3) is 11.1 Å². The van der Waals surface area contributed by atoms with E-state index in [0.717, 1.165) is 23.1 Å². The molecule has 0 saturated heterocycles. The van der Waals surface area contributed by atoms with Crippen molar-refractivity contribution in [3.8, 4) is 28.4 Å². The SMILES string of the molecule is COc1ccc(-c2ccc3c(c2)CNC3=O)c(OCC2(C(=O)OCCCF)CCC2)c1OC. The molecule has 0 radical (unpaired) electrons. The molecule has 2 aromatic carbocycles. The van der Waals surface area contributed by atoms with E-state index in [1.807, 2.05) is 18.2 Å². The third-order valence-electron chi connectivity index (χ3n) is 6.35. The lowest BCUT2D eigenvalue weighted by atomic mass is 9.69. The quantitative estimate of drug-likeness (QED) is 0.428. The summed E-state index contributed by atoms with van der Waals surface area (Å²) in [6.45, 7) is 0.123. The minimum absolute atomic E-state index is 0.0622. The smallest absolute Gasteiger partial charge is 0.315 e. The molecular weight excluding hydrogens is 429 g/mol. The van der Waals surface area contributed by atoms with E-state index in [9.17, 15) is 14.0 Å². The van der Waals surface area contributed by atoms with Gasteiger partial charge in [0.05, 0.1) is 27.5 Å². The van der Waals surface area contributed by atoms with Crippen LogP contribution in [0.5, 0.6) is 17.2 Å². The van der Waals surface area contributed by atoms with Crippen LogP contribution in [0.3, 0.4) is 0 Å². The fourth-order valence-electron chi connectivity index (χ4n) is 4.26. The van der Waals surface area contributed by atoms with E-state index in [0.29, 0.717) is 42.2 Å². The van der Waals surface area contributed by atoms with Gasteiger partial charge in [0.15, 0.2) is 11.5 Å². The minimum Gasteiger partial charge on any atom is -0.493 e. The lowest BCUT2D eigenvalue weighted by Crippen LogP contribution is -2.44. The fourth-order valence-corrected chi connectivity index (χ4v) is 4.26. The Kier molecular flexibility index (Phi) is 6.72. The number of carbonyl (C=O) groups is 2. The van der Waals surface area contributed by atoms with Crippen LogP contribution in [0.4, 0.5) is 4.39 Å². The molecule has 1 heterocycles. The Morgan fingerprint density at radius 3 is 2.55 bits per heavy atom. The average molecular weight is 457 g/mol. The average Bonchev–Trinajstić information content (AvgIpc) is 3.17. The van der Waals surface area contributed by atoms with Gasteiger partial charge in [0, 0.05) is 24.1 Å². The van der Waals surface area contributed by atoms with Gasteiger partial charge < -0.3 is 24.3 Å². The Hall–Kier alpha value is -3.29. The lowest BCUT2D eigenvalue weighted by Gasteiger charge is -2.39.